The third kappa shape index (κ3) is 11.4. The van der Waals surface area contributed by atoms with Gasteiger partial charge in [0, 0.05) is 65.5 Å². The molecule has 85 heavy (non-hydrogen) atoms. The Bertz CT molecular complexity index is 2720. The van der Waals surface area contributed by atoms with Crippen molar-refractivity contribution < 1.29 is 4.74 Å². The molecule has 0 aromatic heterocycles. The summed E-state index contributed by atoms with van der Waals surface area (Å²) < 4.78 is 7.00. The van der Waals surface area contributed by atoms with E-state index in [4.69, 9.17) is 4.74 Å². The third-order valence-corrected chi connectivity index (χ3v) is 28.0. The zero-order chi connectivity index (χ0) is 57.8. The molecule has 13 aliphatic carbocycles. The number of rotatable bonds is 14. The first-order valence-electron chi connectivity index (χ1n) is 37.3. The largest absolute Gasteiger partial charge is 0.495 e. The van der Waals surface area contributed by atoms with Gasteiger partial charge in [0.15, 0.2) is 0 Å². The van der Waals surface area contributed by atoms with E-state index in [0.29, 0.717) is 41.5 Å². The maximum absolute atomic E-state index is 7.00. The van der Waals surface area contributed by atoms with Gasteiger partial charge in [-0.25, -0.2) is 0 Å². The Labute approximate surface area is 519 Å². The lowest BCUT2D eigenvalue weighted by Gasteiger charge is -2.57. The van der Waals surface area contributed by atoms with Crippen LogP contribution in [-0.4, -0.2) is 46.1 Å². The average molecular weight is 1150 g/mol. The zero-order valence-electron chi connectivity index (χ0n) is 54.5. The molecule has 0 N–H and O–H groups in total. The molecule has 3 nitrogen and oxygen atoms in total. The normalized spacial score (nSPS) is 41.7. The van der Waals surface area contributed by atoms with Crippen molar-refractivity contribution in [1.82, 2.24) is 9.80 Å². The van der Waals surface area contributed by atoms with Crippen molar-refractivity contribution in [2.24, 2.45) is 81.8 Å². The summed E-state index contributed by atoms with van der Waals surface area (Å²) in [7, 11) is 0. The highest BCUT2D eigenvalue weighted by molar-refractivity contribution is 5.43. The highest BCUT2D eigenvalue weighted by atomic mass is 16.5. The van der Waals surface area contributed by atoms with Crippen molar-refractivity contribution in [2.75, 3.05) is 0 Å². The first kappa shape index (κ1) is 59.3. The number of nitrogens with zero attached hydrogens (tertiary/aromatic N) is 2. The van der Waals surface area contributed by atoms with E-state index < -0.39 is 0 Å². The number of hydrogen-bond acceptors (Lipinski definition) is 3. The molecule has 1 aliphatic heterocycles. The van der Waals surface area contributed by atoms with Crippen LogP contribution in [0.3, 0.4) is 0 Å². The van der Waals surface area contributed by atoms with E-state index in [1.807, 2.05) is 28.0 Å². The predicted octanol–water partition coefficient (Wildman–Crippen LogP) is 21.8. The highest BCUT2D eigenvalue weighted by Crippen LogP contribution is 2.72. The molecule has 14 rings (SSSR count). The Kier molecular flexibility index (Phi) is 17.8. The average Bonchev–Trinajstić information content (AvgIpc) is 1.92. The summed E-state index contributed by atoms with van der Waals surface area (Å²) in [5.41, 5.74) is 13.0. The summed E-state index contributed by atoms with van der Waals surface area (Å²) in [6, 6.07) is 3.39. The number of allylic oxidation sites excluding steroid dienone is 16. The van der Waals surface area contributed by atoms with Crippen LogP contribution in [0.2, 0.25) is 0 Å². The van der Waals surface area contributed by atoms with Crippen LogP contribution in [0.25, 0.3) is 0 Å². The molecule has 16 atom stereocenters. The minimum Gasteiger partial charge on any atom is -0.495 e. The van der Waals surface area contributed by atoms with Gasteiger partial charge < -0.3 is 9.64 Å². The Morgan fingerprint density at radius 1 is 0.612 bits per heavy atom. The van der Waals surface area contributed by atoms with E-state index in [-0.39, 0.29) is 5.41 Å². The van der Waals surface area contributed by atoms with Crippen LogP contribution in [0.5, 0.6) is 0 Å². The Morgan fingerprint density at radius 3 is 2.14 bits per heavy atom. The molecule has 0 aromatic carbocycles. The van der Waals surface area contributed by atoms with Gasteiger partial charge in [-0.05, 0) is 256 Å². The van der Waals surface area contributed by atoms with Crippen LogP contribution in [0.15, 0.2) is 131 Å². The molecule has 0 aromatic rings. The summed E-state index contributed by atoms with van der Waals surface area (Å²) in [4.78, 5) is 6.47. The molecule has 0 spiro atoms. The van der Waals surface area contributed by atoms with Crippen LogP contribution >= 0.6 is 0 Å². The summed E-state index contributed by atoms with van der Waals surface area (Å²) >= 11 is 0. The summed E-state index contributed by atoms with van der Waals surface area (Å²) in [5.74, 6) is 10.5. The van der Waals surface area contributed by atoms with Gasteiger partial charge in [0.1, 0.15) is 6.10 Å². The quantitative estimate of drug-likeness (QED) is 0.161. The van der Waals surface area contributed by atoms with Crippen LogP contribution in [0.1, 0.15) is 259 Å². The lowest BCUT2D eigenvalue weighted by Crippen LogP contribution is -2.54. The third-order valence-electron chi connectivity index (χ3n) is 28.0. The standard InChI is InChI=1S/C82H118N2O/c1-7-57-25-29-59(30-26-57)61-33-49-79-74(52-61)75-53-62(34-50-80(75)84(79)66-19-13-10-14-20-66)60-31-39-67(40-32-60)83(68-41-35-64(36-42-68)81(5,6)63-17-11-9-12-18-63)69-43-48-73-72-21-15-16-22-76(72)82(78(73)54-69,77-51-55(3)23-24-56(77)4)65-37-46-71(47-38-65)85-70-44-27-58(8-2)28-45-70/h7-8,11,17-18,29,35,37,43-44,48,53,55-58,60-61,66-69,71-74,76-79H,1-2,9-10,12-16,19-28,30-34,36,38-42,45-47,49-52,54H2,3-6H3/t55-,56?,57?,58?,60?,61?,67?,68?,69?,71?,72?,73?,74?,76?,77?,78?,79?,82?/m1/s1. The van der Waals surface area contributed by atoms with Crippen molar-refractivity contribution in [3.05, 3.63) is 131 Å². The second-order valence-corrected chi connectivity index (χ2v) is 32.5. The van der Waals surface area contributed by atoms with Gasteiger partial charge in [0.05, 0.1) is 5.76 Å². The van der Waals surface area contributed by atoms with E-state index in [1.165, 1.54) is 218 Å². The van der Waals surface area contributed by atoms with Gasteiger partial charge in [-0.3, -0.25) is 4.90 Å². The van der Waals surface area contributed by atoms with E-state index in [2.05, 4.69) is 124 Å². The Balaban J connectivity index is 0.764. The molecular formula is C82H118N2O. The van der Waals surface area contributed by atoms with Crippen molar-refractivity contribution >= 4 is 0 Å². The minimum atomic E-state index is 0.118. The van der Waals surface area contributed by atoms with E-state index >= 15 is 0 Å². The smallest absolute Gasteiger partial charge is 0.102 e. The number of fused-ring (bicyclic) bond motifs is 5. The monoisotopic (exact) mass is 1150 g/mol. The van der Waals surface area contributed by atoms with Crippen LogP contribution in [0.4, 0.5) is 0 Å². The maximum Gasteiger partial charge on any atom is 0.102 e. The fraction of sp³-hybridized carbons (Fsp3) is 0.732. The fourth-order valence-corrected chi connectivity index (χ4v) is 23.5. The maximum atomic E-state index is 7.00. The van der Waals surface area contributed by atoms with Crippen molar-refractivity contribution in [1.29, 1.82) is 0 Å². The van der Waals surface area contributed by atoms with Gasteiger partial charge in [-0.1, -0.05) is 162 Å². The van der Waals surface area contributed by atoms with Gasteiger partial charge in [0.25, 0.3) is 0 Å². The molecule has 6 saturated carbocycles. The molecule has 1 heterocycles. The molecule has 0 radical (unpaired) electrons. The second-order valence-electron chi connectivity index (χ2n) is 32.5. The first-order chi connectivity index (χ1) is 41.6. The fourth-order valence-electron chi connectivity index (χ4n) is 23.5. The highest BCUT2D eigenvalue weighted by Gasteiger charge is 2.66. The summed E-state index contributed by atoms with van der Waals surface area (Å²) in [6.07, 6.45) is 80.1. The SMILES string of the molecule is C=CC1CC=C(OC2CC=C(C3(C4C[C@H](C)CCC4C)C4CC(N(C5CC=C(C(C)(C)C6=CCCC=C6)CC5)C5CCC(C6=CC7=C(CC6)N(C6CCCCC6)C6CCC(C8=CCC(C=C)CC8)CC76)CC5)C=CC4C4CCCCC43)CC2)CC1. The van der Waals surface area contributed by atoms with Crippen molar-refractivity contribution in [3.63, 3.8) is 0 Å². The molecule has 3 heteroatoms. The molecule has 0 bridgehead atoms. The van der Waals surface area contributed by atoms with Gasteiger partial charge in [-0.2, -0.15) is 0 Å². The Morgan fingerprint density at radius 2 is 1.41 bits per heavy atom. The molecule has 0 amide bonds. The molecule has 462 valence electrons. The van der Waals surface area contributed by atoms with Crippen LogP contribution in [-0.2, 0) is 4.74 Å². The summed E-state index contributed by atoms with van der Waals surface area (Å²) in [5, 5.41) is 0. The van der Waals surface area contributed by atoms with Crippen molar-refractivity contribution in [2.45, 2.75) is 295 Å². The van der Waals surface area contributed by atoms with Gasteiger partial charge >= 0.3 is 0 Å². The molecular weight excluding hydrogens is 1030 g/mol. The second kappa shape index (κ2) is 25.5. The van der Waals surface area contributed by atoms with Crippen LogP contribution in [0, 0.1) is 81.8 Å². The molecule has 15 unspecified atom stereocenters. The topological polar surface area (TPSA) is 15.7 Å². The lowest BCUT2D eigenvalue weighted by molar-refractivity contribution is -0.0280. The zero-order valence-corrected chi connectivity index (χ0v) is 54.5. The van der Waals surface area contributed by atoms with E-state index in [1.54, 1.807) is 11.1 Å². The Hall–Kier alpha value is -3.30. The van der Waals surface area contributed by atoms with Crippen molar-refractivity contribution in [3.8, 4) is 0 Å². The van der Waals surface area contributed by atoms with E-state index in [9.17, 15) is 0 Å². The number of hydrogen-bond donors (Lipinski definition) is 0. The first-order valence-corrected chi connectivity index (χ1v) is 37.3. The van der Waals surface area contributed by atoms with Gasteiger partial charge in [-0.15, -0.1) is 13.2 Å². The van der Waals surface area contributed by atoms with Crippen LogP contribution < -0.4 is 0 Å². The number of ether oxygens (including phenoxy) is 1. The lowest BCUT2D eigenvalue weighted by atomic mass is 9.49. The minimum absolute atomic E-state index is 0.118. The molecule has 6 fully saturated rings. The van der Waals surface area contributed by atoms with E-state index in [0.717, 1.165) is 90.5 Å². The summed E-state index contributed by atoms with van der Waals surface area (Å²) in [6.45, 7) is 18.8. The molecule has 0 saturated heterocycles. The molecule has 14 aliphatic rings. The predicted molar refractivity (Wildman–Crippen MR) is 357 cm³/mol. The van der Waals surface area contributed by atoms with Gasteiger partial charge in [0.2, 0.25) is 0 Å².